The second kappa shape index (κ2) is 8.87. The molecule has 144 valence electrons. The van der Waals surface area contributed by atoms with Crippen molar-refractivity contribution in [3.05, 3.63) is 35.9 Å². The Morgan fingerprint density at radius 3 is 2.73 bits per heavy atom. The molecule has 2 aliphatic rings. The Labute approximate surface area is 157 Å². The fourth-order valence-corrected chi connectivity index (χ4v) is 3.72. The number of carbonyl (C=O) groups excluding carboxylic acids is 1. The third-order valence-electron chi connectivity index (χ3n) is 5.58. The summed E-state index contributed by atoms with van der Waals surface area (Å²) in [5, 5.41) is 3.64. The fraction of sp³-hybridized carbons (Fsp3) is 0.667. The van der Waals surface area contributed by atoms with Crippen LogP contribution < -0.4 is 5.32 Å². The normalized spacial score (nSPS) is 23.6. The molecule has 1 amide bonds. The summed E-state index contributed by atoms with van der Waals surface area (Å²) in [5.74, 6) is 0. The molecule has 1 aromatic rings. The summed E-state index contributed by atoms with van der Waals surface area (Å²) in [4.78, 5) is 14.1. The highest BCUT2D eigenvalue weighted by molar-refractivity contribution is 5.67. The van der Waals surface area contributed by atoms with Crippen LogP contribution in [0.5, 0.6) is 0 Å². The lowest BCUT2D eigenvalue weighted by atomic mass is 9.75. The van der Waals surface area contributed by atoms with Gasteiger partial charge in [0.2, 0.25) is 0 Å². The summed E-state index contributed by atoms with van der Waals surface area (Å²) >= 11 is 0. The third-order valence-corrected chi connectivity index (χ3v) is 5.58. The highest BCUT2D eigenvalue weighted by atomic mass is 16.6. The smallest absolute Gasteiger partial charge is 0.410 e. The van der Waals surface area contributed by atoms with E-state index in [-0.39, 0.29) is 12.2 Å². The van der Waals surface area contributed by atoms with Crippen LogP contribution >= 0.6 is 0 Å². The average molecular weight is 360 g/mol. The van der Waals surface area contributed by atoms with E-state index in [1.807, 2.05) is 30.3 Å². The van der Waals surface area contributed by atoms with Gasteiger partial charge in [-0.2, -0.15) is 0 Å². The van der Waals surface area contributed by atoms with Crippen molar-refractivity contribution < 1.29 is 14.3 Å². The first-order valence-electron chi connectivity index (χ1n) is 9.82. The van der Waals surface area contributed by atoms with Crippen molar-refractivity contribution in [1.29, 1.82) is 0 Å². The Hall–Kier alpha value is -1.59. The number of nitrogens with zero attached hydrogens (tertiary/aromatic N) is 1. The molecule has 1 unspecified atom stereocenters. The predicted octanol–water partition coefficient (Wildman–Crippen LogP) is 3.58. The molecular weight excluding hydrogens is 328 g/mol. The quantitative estimate of drug-likeness (QED) is 0.872. The van der Waals surface area contributed by atoms with Crippen molar-refractivity contribution in [2.24, 2.45) is 5.41 Å². The van der Waals surface area contributed by atoms with Crippen molar-refractivity contribution in [2.75, 3.05) is 26.2 Å². The Bertz CT molecular complexity index is 566. The molecule has 0 aromatic heterocycles. The first-order valence-corrected chi connectivity index (χ1v) is 9.82. The number of carbonyl (C=O) groups is 1. The van der Waals surface area contributed by atoms with Crippen LogP contribution in [-0.2, 0) is 16.1 Å². The molecule has 1 aliphatic heterocycles. The lowest BCUT2D eigenvalue weighted by molar-refractivity contribution is -0.0287. The van der Waals surface area contributed by atoms with Crippen molar-refractivity contribution in [3.8, 4) is 0 Å². The summed E-state index contributed by atoms with van der Waals surface area (Å²) in [5.41, 5.74) is 1.49. The van der Waals surface area contributed by atoms with E-state index in [0.29, 0.717) is 37.8 Å². The van der Waals surface area contributed by atoms with Gasteiger partial charge in [0.05, 0.1) is 19.3 Å². The molecule has 0 spiro atoms. The molecule has 1 N–H and O–H groups in total. The minimum Gasteiger partial charge on any atom is -0.445 e. The number of hydrogen-bond acceptors (Lipinski definition) is 4. The lowest BCUT2D eigenvalue weighted by Crippen LogP contribution is -2.50. The molecule has 1 aliphatic carbocycles. The van der Waals surface area contributed by atoms with Crippen molar-refractivity contribution in [1.82, 2.24) is 10.2 Å². The van der Waals surface area contributed by atoms with E-state index in [0.717, 1.165) is 12.1 Å². The number of nitrogens with one attached hydrogen (secondary N) is 1. The van der Waals surface area contributed by atoms with Crippen LogP contribution in [-0.4, -0.2) is 49.4 Å². The minimum absolute atomic E-state index is 0.0444. The van der Waals surface area contributed by atoms with E-state index in [1.54, 1.807) is 4.90 Å². The topological polar surface area (TPSA) is 50.8 Å². The van der Waals surface area contributed by atoms with Crippen molar-refractivity contribution >= 4 is 6.09 Å². The number of morpholine rings is 1. The van der Waals surface area contributed by atoms with Crippen LogP contribution in [0.4, 0.5) is 4.79 Å². The predicted molar refractivity (Wildman–Crippen MR) is 102 cm³/mol. The van der Waals surface area contributed by atoms with Crippen molar-refractivity contribution in [3.63, 3.8) is 0 Å². The molecule has 1 saturated heterocycles. The van der Waals surface area contributed by atoms with E-state index in [9.17, 15) is 4.79 Å². The zero-order valence-corrected chi connectivity index (χ0v) is 16.1. The van der Waals surface area contributed by atoms with E-state index in [4.69, 9.17) is 9.47 Å². The second-order valence-electron chi connectivity index (χ2n) is 8.33. The molecule has 5 heteroatoms. The molecule has 1 saturated carbocycles. The Kier molecular flexibility index (Phi) is 6.54. The zero-order chi connectivity index (χ0) is 18.4. The van der Waals surface area contributed by atoms with Gasteiger partial charge in [-0.1, -0.05) is 44.2 Å². The number of amides is 1. The molecule has 2 fully saturated rings. The van der Waals surface area contributed by atoms with Gasteiger partial charge in [-0.3, -0.25) is 0 Å². The van der Waals surface area contributed by atoms with Gasteiger partial charge >= 0.3 is 6.09 Å². The van der Waals surface area contributed by atoms with Gasteiger partial charge in [0.15, 0.2) is 0 Å². The lowest BCUT2D eigenvalue weighted by Gasteiger charge is -2.37. The van der Waals surface area contributed by atoms with Gasteiger partial charge < -0.3 is 19.7 Å². The van der Waals surface area contributed by atoms with Crippen LogP contribution in [0.2, 0.25) is 0 Å². The molecule has 1 heterocycles. The molecule has 1 aromatic carbocycles. The maximum atomic E-state index is 12.3. The molecule has 0 radical (unpaired) electrons. The van der Waals surface area contributed by atoms with Crippen LogP contribution in [0.25, 0.3) is 0 Å². The maximum Gasteiger partial charge on any atom is 0.410 e. The van der Waals surface area contributed by atoms with Gasteiger partial charge in [0.1, 0.15) is 6.61 Å². The largest absolute Gasteiger partial charge is 0.445 e. The Morgan fingerprint density at radius 2 is 2.00 bits per heavy atom. The summed E-state index contributed by atoms with van der Waals surface area (Å²) in [6.07, 6.45) is 4.79. The first-order chi connectivity index (χ1) is 12.5. The summed E-state index contributed by atoms with van der Waals surface area (Å²) < 4.78 is 11.3. The highest BCUT2D eigenvalue weighted by Crippen LogP contribution is 2.34. The van der Waals surface area contributed by atoms with Crippen LogP contribution in [0.3, 0.4) is 0 Å². The third kappa shape index (κ3) is 5.71. The van der Waals surface area contributed by atoms with Crippen molar-refractivity contribution in [2.45, 2.75) is 58.3 Å². The number of benzene rings is 1. The van der Waals surface area contributed by atoms with E-state index in [1.165, 1.54) is 25.7 Å². The maximum absolute atomic E-state index is 12.3. The summed E-state index contributed by atoms with van der Waals surface area (Å²) in [6, 6.07) is 10.4. The number of rotatable bonds is 5. The molecule has 1 atom stereocenters. The van der Waals surface area contributed by atoms with Gasteiger partial charge in [-0.15, -0.1) is 0 Å². The Morgan fingerprint density at radius 1 is 1.27 bits per heavy atom. The SMILES string of the molecule is CC1(C)CCC(NCC2CN(C(=O)OCc3ccccc3)CCO2)CC1. The molecule has 0 bridgehead atoms. The fourth-order valence-electron chi connectivity index (χ4n) is 3.72. The number of hydrogen-bond donors (Lipinski definition) is 1. The van der Waals surface area contributed by atoms with E-state index in [2.05, 4.69) is 19.2 Å². The second-order valence-corrected chi connectivity index (χ2v) is 8.33. The first kappa shape index (κ1) is 19.2. The summed E-state index contributed by atoms with van der Waals surface area (Å²) in [7, 11) is 0. The molecule has 3 rings (SSSR count). The van der Waals surface area contributed by atoms with Crippen LogP contribution in [0, 0.1) is 5.41 Å². The van der Waals surface area contributed by atoms with Gasteiger partial charge in [-0.05, 0) is 36.7 Å². The average Bonchev–Trinajstić information content (AvgIpc) is 2.66. The van der Waals surface area contributed by atoms with E-state index < -0.39 is 0 Å². The zero-order valence-electron chi connectivity index (χ0n) is 16.1. The van der Waals surface area contributed by atoms with Gasteiger partial charge in [-0.25, -0.2) is 4.79 Å². The van der Waals surface area contributed by atoms with Crippen LogP contribution in [0.15, 0.2) is 30.3 Å². The minimum atomic E-state index is -0.249. The number of ether oxygens (including phenoxy) is 2. The standard InChI is InChI=1S/C21H32N2O3/c1-21(2)10-8-18(9-11-21)22-14-19-15-23(12-13-25-19)20(24)26-16-17-6-4-3-5-7-17/h3-7,18-19,22H,8-16H2,1-2H3. The van der Waals surface area contributed by atoms with Crippen LogP contribution in [0.1, 0.15) is 45.1 Å². The van der Waals surface area contributed by atoms with E-state index >= 15 is 0 Å². The molecule has 26 heavy (non-hydrogen) atoms. The summed E-state index contributed by atoms with van der Waals surface area (Å²) in [6.45, 7) is 7.59. The monoisotopic (exact) mass is 360 g/mol. The highest BCUT2D eigenvalue weighted by Gasteiger charge is 2.29. The Balaban J connectivity index is 1.39. The molecular formula is C21H32N2O3. The molecule has 5 nitrogen and oxygen atoms in total. The van der Waals surface area contributed by atoms with Gasteiger partial charge in [0, 0.05) is 19.1 Å². The van der Waals surface area contributed by atoms with Gasteiger partial charge in [0.25, 0.3) is 0 Å².